The number of rotatable bonds is 7. The quantitative estimate of drug-likeness (QED) is 0.737. The van der Waals surface area contributed by atoms with Crippen LogP contribution in [0, 0.1) is 0 Å². The molecule has 0 aliphatic carbocycles. The second kappa shape index (κ2) is 9.21. The van der Waals surface area contributed by atoms with Gasteiger partial charge in [0, 0.05) is 5.56 Å². The summed E-state index contributed by atoms with van der Waals surface area (Å²) in [6.07, 6.45) is 0. The molecule has 0 aliphatic heterocycles. The highest BCUT2D eigenvalue weighted by molar-refractivity contribution is 5.97. The van der Waals surface area contributed by atoms with Gasteiger partial charge in [0.05, 0.1) is 6.54 Å². The summed E-state index contributed by atoms with van der Waals surface area (Å²) in [5, 5.41) is 5.48. The summed E-state index contributed by atoms with van der Waals surface area (Å²) in [5.41, 5.74) is 1.72. The molecule has 1 atom stereocenters. The minimum absolute atomic E-state index is 0.0318. The molecule has 5 heteroatoms. The van der Waals surface area contributed by atoms with Crippen LogP contribution in [0.3, 0.4) is 0 Å². The molecule has 0 spiro atoms. The maximum absolute atomic E-state index is 12.3. The van der Waals surface area contributed by atoms with E-state index < -0.39 is 6.04 Å². The maximum Gasteiger partial charge on any atom is 0.251 e. The van der Waals surface area contributed by atoms with Crippen LogP contribution in [0.25, 0.3) is 0 Å². The molecule has 2 N–H and O–H groups in total. The van der Waals surface area contributed by atoms with Crippen molar-refractivity contribution in [3.63, 3.8) is 0 Å². The van der Waals surface area contributed by atoms with Crippen LogP contribution in [-0.4, -0.2) is 31.0 Å². The number of hydrogen-bond donors (Lipinski definition) is 2. The van der Waals surface area contributed by atoms with E-state index in [4.69, 9.17) is 4.74 Å². The van der Waals surface area contributed by atoms with Crippen molar-refractivity contribution in [2.24, 2.45) is 0 Å². The van der Waals surface area contributed by atoms with Gasteiger partial charge in [-0.25, -0.2) is 0 Å². The van der Waals surface area contributed by atoms with Gasteiger partial charge in [-0.3, -0.25) is 9.59 Å². The minimum Gasteiger partial charge on any atom is -0.492 e. The second-order valence-corrected chi connectivity index (χ2v) is 7.48. The molecule has 0 radical (unpaired) electrons. The van der Waals surface area contributed by atoms with Gasteiger partial charge in [0.25, 0.3) is 5.91 Å². The average molecular weight is 368 g/mol. The third-order valence-electron chi connectivity index (χ3n) is 4.17. The SMILES string of the molecule is CC(NC(=O)c1ccc(C(C)(C)C)cc1)C(=O)NCCOc1ccccc1. The normalized spacial score (nSPS) is 12.1. The Hall–Kier alpha value is -2.82. The van der Waals surface area contributed by atoms with Crippen LogP contribution in [0.1, 0.15) is 43.6 Å². The molecular formula is C22H28N2O3. The van der Waals surface area contributed by atoms with Crippen LogP contribution in [0.4, 0.5) is 0 Å². The first-order valence-electron chi connectivity index (χ1n) is 9.14. The van der Waals surface area contributed by atoms with Gasteiger partial charge in [0.1, 0.15) is 18.4 Å². The van der Waals surface area contributed by atoms with Crippen LogP contribution in [0.2, 0.25) is 0 Å². The van der Waals surface area contributed by atoms with Crippen molar-refractivity contribution < 1.29 is 14.3 Å². The van der Waals surface area contributed by atoms with Crippen LogP contribution in [0.15, 0.2) is 54.6 Å². The zero-order valence-corrected chi connectivity index (χ0v) is 16.4. The minimum atomic E-state index is -0.628. The van der Waals surface area contributed by atoms with Crippen molar-refractivity contribution >= 4 is 11.8 Å². The predicted octanol–water partition coefficient (Wildman–Crippen LogP) is 3.30. The smallest absolute Gasteiger partial charge is 0.251 e. The molecule has 5 nitrogen and oxygen atoms in total. The van der Waals surface area contributed by atoms with E-state index in [2.05, 4.69) is 31.4 Å². The lowest BCUT2D eigenvalue weighted by Gasteiger charge is -2.19. The summed E-state index contributed by atoms with van der Waals surface area (Å²) in [5.74, 6) is 0.247. The summed E-state index contributed by atoms with van der Waals surface area (Å²) >= 11 is 0. The lowest BCUT2D eigenvalue weighted by Crippen LogP contribution is -2.45. The Labute approximate surface area is 161 Å². The highest BCUT2D eigenvalue weighted by Gasteiger charge is 2.18. The monoisotopic (exact) mass is 368 g/mol. The van der Waals surface area contributed by atoms with Crippen LogP contribution in [-0.2, 0) is 10.2 Å². The fraction of sp³-hybridized carbons (Fsp3) is 0.364. The van der Waals surface area contributed by atoms with Crippen molar-refractivity contribution in [3.8, 4) is 5.75 Å². The van der Waals surface area contributed by atoms with Crippen molar-refractivity contribution in [3.05, 3.63) is 65.7 Å². The Balaban J connectivity index is 1.77. The Morgan fingerprint density at radius 2 is 1.63 bits per heavy atom. The van der Waals surface area contributed by atoms with Crippen molar-refractivity contribution in [1.82, 2.24) is 10.6 Å². The molecule has 0 fully saturated rings. The van der Waals surface area contributed by atoms with E-state index in [0.29, 0.717) is 18.7 Å². The Morgan fingerprint density at radius 1 is 1.00 bits per heavy atom. The number of ether oxygens (including phenoxy) is 1. The topological polar surface area (TPSA) is 67.4 Å². The van der Waals surface area contributed by atoms with Gasteiger partial charge < -0.3 is 15.4 Å². The highest BCUT2D eigenvalue weighted by atomic mass is 16.5. The summed E-state index contributed by atoms with van der Waals surface area (Å²) < 4.78 is 5.52. The van der Waals surface area contributed by atoms with Crippen molar-refractivity contribution in [2.75, 3.05) is 13.2 Å². The molecule has 144 valence electrons. The van der Waals surface area contributed by atoms with Crippen LogP contribution in [0.5, 0.6) is 5.75 Å². The number of hydrogen-bond acceptors (Lipinski definition) is 3. The first kappa shape index (κ1) is 20.5. The number of amides is 2. The third kappa shape index (κ3) is 6.44. The van der Waals surface area contributed by atoms with E-state index >= 15 is 0 Å². The molecule has 0 heterocycles. The van der Waals surface area contributed by atoms with E-state index in [9.17, 15) is 9.59 Å². The zero-order chi connectivity index (χ0) is 19.9. The average Bonchev–Trinajstić information content (AvgIpc) is 2.65. The third-order valence-corrected chi connectivity index (χ3v) is 4.17. The Bertz CT molecular complexity index is 749. The fourth-order valence-corrected chi connectivity index (χ4v) is 2.48. The first-order chi connectivity index (χ1) is 12.8. The van der Waals surface area contributed by atoms with E-state index in [1.54, 1.807) is 19.1 Å². The molecule has 0 saturated heterocycles. The molecule has 0 saturated carbocycles. The fourth-order valence-electron chi connectivity index (χ4n) is 2.48. The van der Waals surface area contributed by atoms with E-state index in [0.717, 1.165) is 11.3 Å². The molecule has 27 heavy (non-hydrogen) atoms. The highest BCUT2D eigenvalue weighted by Crippen LogP contribution is 2.22. The lowest BCUT2D eigenvalue weighted by atomic mass is 9.86. The van der Waals surface area contributed by atoms with Gasteiger partial charge >= 0.3 is 0 Å². The summed E-state index contributed by atoms with van der Waals surface area (Å²) in [4.78, 5) is 24.4. The molecule has 0 bridgehead atoms. The molecule has 2 amide bonds. The van der Waals surface area contributed by atoms with Gasteiger partial charge in [0.2, 0.25) is 5.91 Å². The standard InChI is InChI=1S/C22H28N2O3/c1-16(20(25)23-14-15-27-19-8-6-5-7-9-19)24-21(26)17-10-12-18(13-11-17)22(2,3)4/h5-13,16H,14-15H2,1-4H3,(H,23,25)(H,24,26). The number of nitrogens with one attached hydrogen (secondary N) is 2. The van der Waals surface area contributed by atoms with Gasteiger partial charge in [-0.15, -0.1) is 0 Å². The van der Waals surface area contributed by atoms with Gasteiger partial charge in [-0.1, -0.05) is 51.1 Å². The van der Waals surface area contributed by atoms with E-state index in [-0.39, 0.29) is 17.2 Å². The first-order valence-corrected chi connectivity index (χ1v) is 9.14. The lowest BCUT2D eigenvalue weighted by molar-refractivity contribution is -0.122. The Morgan fingerprint density at radius 3 is 2.22 bits per heavy atom. The van der Waals surface area contributed by atoms with E-state index in [1.165, 1.54) is 0 Å². The maximum atomic E-state index is 12.3. The zero-order valence-electron chi connectivity index (χ0n) is 16.4. The van der Waals surface area contributed by atoms with Crippen LogP contribution < -0.4 is 15.4 Å². The molecular weight excluding hydrogens is 340 g/mol. The van der Waals surface area contributed by atoms with Crippen molar-refractivity contribution in [2.45, 2.75) is 39.2 Å². The Kier molecular flexibility index (Phi) is 6.99. The van der Waals surface area contributed by atoms with Crippen LogP contribution >= 0.6 is 0 Å². The summed E-state index contributed by atoms with van der Waals surface area (Å²) in [6.45, 7) is 8.76. The molecule has 1 unspecified atom stereocenters. The number of para-hydroxylation sites is 1. The largest absolute Gasteiger partial charge is 0.492 e. The number of carbonyl (C=O) groups excluding carboxylic acids is 2. The molecule has 2 rings (SSSR count). The van der Waals surface area contributed by atoms with Gasteiger partial charge in [-0.2, -0.15) is 0 Å². The van der Waals surface area contributed by atoms with Crippen molar-refractivity contribution in [1.29, 1.82) is 0 Å². The summed E-state index contributed by atoms with van der Waals surface area (Å²) in [6, 6.07) is 16.2. The molecule has 2 aromatic rings. The number of carbonyl (C=O) groups is 2. The predicted molar refractivity (Wildman–Crippen MR) is 107 cm³/mol. The summed E-state index contributed by atoms with van der Waals surface area (Å²) in [7, 11) is 0. The van der Waals surface area contributed by atoms with E-state index in [1.807, 2.05) is 42.5 Å². The van der Waals surface area contributed by atoms with Gasteiger partial charge in [-0.05, 0) is 42.2 Å². The molecule has 0 aromatic heterocycles. The second-order valence-electron chi connectivity index (χ2n) is 7.48. The molecule has 2 aromatic carbocycles. The molecule has 0 aliphatic rings. The van der Waals surface area contributed by atoms with Gasteiger partial charge in [0.15, 0.2) is 0 Å². The number of benzene rings is 2.